The average Bonchev–Trinajstić information content (AvgIpc) is 2.27. The van der Waals surface area contributed by atoms with Crippen LogP contribution in [0.5, 0.6) is 0 Å². The van der Waals surface area contributed by atoms with Gasteiger partial charge in [-0.1, -0.05) is 45.6 Å². The fourth-order valence-electron chi connectivity index (χ4n) is 2.20. The van der Waals surface area contributed by atoms with Crippen molar-refractivity contribution < 1.29 is 0 Å². The van der Waals surface area contributed by atoms with E-state index in [1.54, 1.807) is 0 Å². The lowest BCUT2D eigenvalue weighted by Crippen LogP contribution is -2.39. The van der Waals surface area contributed by atoms with E-state index in [0.29, 0.717) is 0 Å². The highest BCUT2D eigenvalue weighted by Crippen LogP contribution is 2.27. The summed E-state index contributed by atoms with van der Waals surface area (Å²) in [5, 5.41) is 3.48. The third-order valence-electron chi connectivity index (χ3n) is 3.30. The van der Waals surface area contributed by atoms with E-state index in [2.05, 4.69) is 45.3 Å². The van der Waals surface area contributed by atoms with Gasteiger partial charge in [-0.05, 0) is 42.5 Å². The highest BCUT2D eigenvalue weighted by molar-refractivity contribution is 5.66. The van der Waals surface area contributed by atoms with Crippen LogP contribution in [0.1, 0.15) is 38.8 Å². The van der Waals surface area contributed by atoms with Crippen LogP contribution in [0.15, 0.2) is 36.9 Å². The predicted molar refractivity (Wildman–Crippen MR) is 85.8 cm³/mol. The average molecular weight is 258 g/mol. The molecule has 1 rings (SSSR count). The fraction of sp³-hybridized carbons (Fsp3) is 0.412. The van der Waals surface area contributed by atoms with Crippen LogP contribution in [-0.2, 0) is 0 Å². The van der Waals surface area contributed by atoms with Gasteiger partial charge >= 0.3 is 0 Å². The number of hydrogen-bond donors (Lipinski definition) is 2. The van der Waals surface area contributed by atoms with Gasteiger partial charge in [0.2, 0.25) is 0 Å². The van der Waals surface area contributed by atoms with Crippen molar-refractivity contribution in [3.8, 4) is 0 Å². The molecular weight excluding hydrogens is 232 g/mol. The molecule has 2 nitrogen and oxygen atoms in total. The molecule has 0 saturated carbocycles. The van der Waals surface area contributed by atoms with Crippen LogP contribution in [0.25, 0.3) is 5.70 Å². The zero-order chi connectivity index (χ0) is 14.8. The molecule has 2 heteroatoms. The summed E-state index contributed by atoms with van der Waals surface area (Å²) in [6, 6.07) is 6.17. The van der Waals surface area contributed by atoms with Gasteiger partial charge in [-0.3, -0.25) is 0 Å². The molecule has 0 fully saturated rings. The Labute approximate surface area is 117 Å². The van der Waals surface area contributed by atoms with Gasteiger partial charge in [0.15, 0.2) is 0 Å². The molecule has 1 aromatic carbocycles. The number of anilines is 1. The molecule has 0 bridgehead atoms. The first-order valence-electron chi connectivity index (χ1n) is 6.60. The van der Waals surface area contributed by atoms with E-state index in [0.717, 1.165) is 28.1 Å². The first-order valence-corrected chi connectivity index (χ1v) is 6.60. The van der Waals surface area contributed by atoms with Crippen LogP contribution < -0.4 is 11.1 Å². The number of nitrogens with two attached hydrogens (primary N) is 1. The zero-order valence-electron chi connectivity index (χ0n) is 12.8. The highest BCUT2D eigenvalue weighted by atomic mass is 14.9. The molecule has 0 saturated heterocycles. The molecule has 0 heterocycles. The molecule has 1 aromatic rings. The lowest BCUT2D eigenvalue weighted by Gasteiger charge is -2.33. The molecule has 0 aliphatic carbocycles. The topological polar surface area (TPSA) is 38.0 Å². The Morgan fingerprint density at radius 3 is 2.26 bits per heavy atom. The van der Waals surface area contributed by atoms with Crippen molar-refractivity contribution >= 4 is 11.4 Å². The molecule has 1 unspecified atom stereocenters. The fourth-order valence-corrected chi connectivity index (χ4v) is 2.20. The molecule has 0 aromatic heterocycles. The maximum Gasteiger partial charge on any atom is 0.0516 e. The maximum absolute atomic E-state index is 5.84. The van der Waals surface area contributed by atoms with E-state index in [9.17, 15) is 0 Å². The van der Waals surface area contributed by atoms with Crippen molar-refractivity contribution in [2.75, 3.05) is 5.73 Å². The van der Waals surface area contributed by atoms with Crippen molar-refractivity contribution in [1.29, 1.82) is 0 Å². The van der Waals surface area contributed by atoms with Crippen molar-refractivity contribution in [1.82, 2.24) is 5.32 Å². The normalized spacial score (nSPS) is 12.9. The molecule has 1 atom stereocenters. The monoisotopic (exact) mass is 258 g/mol. The molecule has 19 heavy (non-hydrogen) atoms. The molecule has 0 amide bonds. The highest BCUT2D eigenvalue weighted by Gasteiger charge is 2.25. The van der Waals surface area contributed by atoms with E-state index in [1.807, 2.05) is 26.0 Å². The zero-order valence-corrected chi connectivity index (χ0v) is 12.8. The Morgan fingerprint density at radius 2 is 1.84 bits per heavy atom. The van der Waals surface area contributed by atoms with Crippen LogP contribution in [0.3, 0.4) is 0 Å². The number of nitrogen functional groups attached to an aromatic ring is 1. The Kier molecular flexibility index (Phi) is 4.46. The van der Waals surface area contributed by atoms with E-state index < -0.39 is 0 Å². The van der Waals surface area contributed by atoms with Crippen molar-refractivity contribution in [3.63, 3.8) is 0 Å². The standard InChI is InChI=1S/C17H26N2/c1-11(2)16(17(5,6)7)19-13(4)14-8-9-15(18)12(3)10-14/h8-10,16,19H,1,4,18H2,2-3,5-7H3. The molecule has 104 valence electrons. The van der Waals surface area contributed by atoms with Crippen LogP contribution in [0, 0.1) is 12.3 Å². The predicted octanol–water partition coefficient (Wildman–Crippen LogP) is 4.13. The number of nitrogens with one attached hydrogen (secondary N) is 1. The summed E-state index contributed by atoms with van der Waals surface area (Å²) in [7, 11) is 0. The largest absolute Gasteiger partial charge is 0.399 e. The SMILES string of the molecule is C=C(NC(C(=C)C)C(C)(C)C)c1ccc(N)c(C)c1. The van der Waals surface area contributed by atoms with E-state index in [-0.39, 0.29) is 11.5 Å². The van der Waals surface area contributed by atoms with Crippen LogP contribution in [0.2, 0.25) is 0 Å². The Bertz CT molecular complexity index is 492. The Balaban J connectivity index is 2.94. The Hall–Kier alpha value is -1.70. The second-order valence-electron chi connectivity index (χ2n) is 6.34. The minimum absolute atomic E-state index is 0.0949. The first kappa shape index (κ1) is 15.4. The third-order valence-corrected chi connectivity index (χ3v) is 3.30. The van der Waals surface area contributed by atoms with Crippen molar-refractivity contribution in [2.45, 2.75) is 40.7 Å². The molecule has 3 N–H and O–H groups in total. The lowest BCUT2D eigenvalue weighted by atomic mass is 9.83. The lowest BCUT2D eigenvalue weighted by molar-refractivity contribution is 0.328. The molecule has 0 aliphatic heterocycles. The Morgan fingerprint density at radius 1 is 1.26 bits per heavy atom. The summed E-state index contributed by atoms with van der Waals surface area (Å²) in [5.41, 5.74) is 10.9. The third kappa shape index (κ3) is 3.88. The second kappa shape index (κ2) is 5.52. The number of rotatable bonds is 4. The van der Waals surface area contributed by atoms with Gasteiger partial charge in [-0.25, -0.2) is 0 Å². The number of hydrogen-bond acceptors (Lipinski definition) is 2. The minimum atomic E-state index is 0.0949. The van der Waals surface area contributed by atoms with Gasteiger partial charge in [0.25, 0.3) is 0 Å². The number of benzene rings is 1. The second-order valence-corrected chi connectivity index (χ2v) is 6.34. The van der Waals surface area contributed by atoms with E-state index in [1.165, 1.54) is 0 Å². The van der Waals surface area contributed by atoms with Gasteiger partial charge in [0, 0.05) is 11.4 Å². The van der Waals surface area contributed by atoms with Gasteiger partial charge in [-0.15, -0.1) is 0 Å². The van der Waals surface area contributed by atoms with Crippen LogP contribution >= 0.6 is 0 Å². The van der Waals surface area contributed by atoms with Crippen LogP contribution in [-0.4, -0.2) is 6.04 Å². The van der Waals surface area contributed by atoms with Crippen LogP contribution in [0.4, 0.5) is 5.69 Å². The molecule has 0 radical (unpaired) electrons. The summed E-state index contributed by atoms with van der Waals surface area (Å²) in [5.74, 6) is 0. The van der Waals surface area contributed by atoms with Gasteiger partial charge in [0.1, 0.15) is 0 Å². The van der Waals surface area contributed by atoms with E-state index in [4.69, 9.17) is 5.73 Å². The van der Waals surface area contributed by atoms with Gasteiger partial charge in [-0.2, -0.15) is 0 Å². The summed E-state index contributed by atoms with van der Waals surface area (Å²) < 4.78 is 0. The summed E-state index contributed by atoms with van der Waals surface area (Å²) in [6.45, 7) is 18.9. The molecular formula is C17H26N2. The van der Waals surface area contributed by atoms with Gasteiger partial charge in [0.05, 0.1) is 6.04 Å². The smallest absolute Gasteiger partial charge is 0.0516 e. The molecule has 0 aliphatic rings. The van der Waals surface area contributed by atoms with E-state index >= 15 is 0 Å². The summed E-state index contributed by atoms with van der Waals surface area (Å²) >= 11 is 0. The van der Waals surface area contributed by atoms with Crippen molar-refractivity contribution in [2.24, 2.45) is 5.41 Å². The summed E-state index contributed by atoms with van der Waals surface area (Å²) in [6.07, 6.45) is 0. The quantitative estimate of drug-likeness (QED) is 0.629. The summed E-state index contributed by atoms with van der Waals surface area (Å²) in [4.78, 5) is 0. The van der Waals surface area contributed by atoms with Gasteiger partial charge < -0.3 is 11.1 Å². The van der Waals surface area contributed by atoms with Crippen molar-refractivity contribution in [3.05, 3.63) is 48.1 Å². The molecule has 0 spiro atoms. The maximum atomic E-state index is 5.84. The number of aryl methyl sites for hydroxylation is 1. The first-order chi connectivity index (χ1) is 8.62. The minimum Gasteiger partial charge on any atom is -0.399 e.